The van der Waals surface area contributed by atoms with E-state index in [2.05, 4.69) is 4.90 Å². The maximum Gasteiger partial charge on any atom is 0.260 e. The van der Waals surface area contributed by atoms with Crippen molar-refractivity contribution in [3.8, 4) is 0 Å². The molecule has 1 amide bonds. The third-order valence-electron chi connectivity index (χ3n) is 4.27. The van der Waals surface area contributed by atoms with Gasteiger partial charge in [-0.15, -0.1) is 24.2 Å². The Kier molecular flexibility index (Phi) is 8.16. The summed E-state index contributed by atoms with van der Waals surface area (Å²) in [6.07, 6.45) is 2.02. The Hall–Kier alpha value is -1.31. The van der Waals surface area contributed by atoms with Crippen LogP contribution in [0.25, 0.3) is 10.2 Å². The predicted molar refractivity (Wildman–Crippen MR) is 125 cm³/mol. The molecule has 0 aliphatic carbocycles. The number of likely N-dealkylation sites (N-methyl/N-ethyl adjacent to an activating group) is 1. The highest BCUT2D eigenvalue weighted by Gasteiger charge is 2.22. The highest BCUT2D eigenvalue weighted by atomic mass is 35.5. The maximum atomic E-state index is 13.2. The molecule has 0 aliphatic rings. The number of rotatable bonds is 6. The number of carbonyl (C=O) groups excluding carboxylic acids is 1. The van der Waals surface area contributed by atoms with Crippen molar-refractivity contribution in [2.45, 2.75) is 11.8 Å². The lowest BCUT2D eigenvalue weighted by molar-refractivity contribution is 0.0985. The number of fused-ring (bicyclic) bond motifs is 1. The van der Waals surface area contributed by atoms with Crippen LogP contribution in [-0.2, 0) is 0 Å². The molecule has 3 rings (SSSR count). The number of anilines is 1. The maximum absolute atomic E-state index is 13.2. The van der Waals surface area contributed by atoms with Crippen molar-refractivity contribution in [3.63, 3.8) is 0 Å². The number of amides is 1. The first-order chi connectivity index (χ1) is 12.9. The Morgan fingerprint density at radius 3 is 2.39 bits per heavy atom. The van der Waals surface area contributed by atoms with Crippen molar-refractivity contribution >= 4 is 68.4 Å². The van der Waals surface area contributed by atoms with Crippen LogP contribution in [0.2, 0.25) is 5.02 Å². The van der Waals surface area contributed by atoms with Gasteiger partial charge in [0.05, 0.1) is 15.2 Å². The van der Waals surface area contributed by atoms with Gasteiger partial charge in [-0.1, -0.05) is 29.0 Å². The molecule has 0 N–H and O–H groups in total. The molecule has 0 atom stereocenters. The molecular weight excluding hydrogens is 433 g/mol. The summed E-state index contributed by atoms with van der Waals surface area (Å²) >= 11 is 9.49. The fraction of sp³-hybridized carbons (Fsp3) is 0.300. The zero-order valence-electron chi connectivity index (χ0n) is 16.2. The minimum absolute atomic E-state index is 0. The van der Waals surface area contributed by atoms with E-state index in [-0.39, 0.29) is 18.3 Å². The van der Waals surface area contributed by atoms with E-state index >= 15 is 0 Å². The van der Waals surface area contributed by atoms with Gasteiger partial charge >= 0.3 is 0 Å². The minimum atomic E-state index is -0.0441. The molecule has 0 unspecified atom stereocenters. The van der Waals surface area contributed by atoms with E-state index in [9.17, 15) is 4.79 Å². The summed E-state index contributed by atoms with van der Waals surface area (Å²) in [6.45, 7) is 3.32. The first-order valence-electron chi connectivity index (χ1n) is 8.57. The van der Waals surface area contributed by atoms with Gasteiger partial charge in [-0.25, -0.2) is 4.98 Å². The Morgan fingerprint density at radius 1 is 1.14 bits per heavy atom. The van der Waals surface area contributed by atoms with E-state index in [1.807, 2.05) is 63.7 Å². The number of halogens is 2. The highest BCUT2D eigenvalue weighted by molar-refractivity contribution is 7.98. The summed E-state index contributed by atoms with van der Waals surface area (Å²) in [7, 11) is 3.99. The van der Waals surface area contributed by atoms with Crippen LogP contribution in [0.5, 0.6) is 0 Å². The summed E-state index contributed by atoms with van der Waals surface area (Å²) < 4.78 is 0.923. The van der Waals surface area contributed by atoms with Gasteiger partial charge in [0.1, 0.15) is 0 Å². The average molecular weight is 456 g/mol. The van der Waals surface area contributed by atoms with Crippen molar-refractivity contribution < 1.29 is 4.79 Å². The monoisotopic (exact) mass is 455 g/mol. The molecule has 3 aromatic rings. The van der Waals surface area contributed by atoms with Crippen LogP contribution in [0.15, 0.2) is 41.3 Å². The van der Waals surface area contributed by atoms with E-state index in [0.717, 1.165) is 27.2 Å². The molecule has 150 valence electrons. The van der Waals surface area contributed by atoms with E-state index in [1.165, 1.54) is 11.3 Å². The standard InChI is InChI=1S/C20H22ClN3OS2.ClH/c1-13-5-10-16(21)18-17(13)22-20(27-18)24(12-11-23(2)3)19(25)14-6-8-15(26-4)9-7-14;/h5-10H,11-12H2,1-4H3;1H. The van der Waals surface area contributed by atoms with Gasteiger partial charge in [0, 0.05) is 23.5 Å². The molecule has 0 bridgehead atoms. The molecule has 0 radical (unpaired) electrons. The van der Waals surface area contributed by atoms with Crippen LogP contribution in [-0.4, -0.2) is 49.2 Å². The van der Waals surface area contributed by atoms with Crippen LogP contribution >= 0.6 is 47.1 Å². The fourth-order valence-electron chi connectivity index (χ4n) is 2.68. The number of aromatic nitrogens is 1. The fourth-order valence-corrected chi connectivity index (χ4v) is 4.43. The Labute approximate surface area is 185 Å². The lowest BCUT2D eigenvalue weighted by Gasteiger charge is -2.22. The van der Waals surface area contributed by atoms with E-state index in [0.29, 0.717) is 22.3 Å². The first kappa shape index (κ1) is 23.0. The Morgan fingerprint density at radius 2 is 1.82 bits per heavy atom. The van der Waals surface area contributed by atoms with Crippen LogP contribution in [0.4, 0.5) is 5.13 Å². The van der Waals surface area contributed by atoms with Crippen molar-refractivity contribution in [3.05, 3.63) is 52.5 Å². The van der Waals surface area contributed by atoms with Crippen LogP contribution in [0.3, 0.4) is 0 Å². The molecule has 0 spiro atoms. The first-order valence-corrected chi connectivity index (χ1v) is 11.0. The molecule has 0 fully saturated rings. The summed E-state index contributed by atoms with van der Waals surface area (Å²) in [4.78, 5) is 22.9. The second kappa shape index (κ2) is 9.94. The van der Waals surface area contributed by atoms with E-state index in [1.54, 1.807) is 16.7 Å². The number of thioether (sulfide) groups is 1. The van der Waals surface area contributed by atoms with Gasteiger partial charge in [0.2, 0.25) is 0 Å². The van der Waals surface area contributed by atoms with E-state index < -0.39 is 0 Å². The van der Waals surface area contributed by atoms with Crippen molar-refractivity contribution in [2.75, 3.05) is 38.3 Å². The van der Waals surface area contributed by atoms with Gasteiger partial charge in [0.25, 0.3) is 5.91 Å². The molecule has 28 heavy (non-hydrogen) atoms. The summed E-state index contributed by atoms with van der Waals surface area (Å²) in [5, 5.41) is 1.35. The molecular formula is C20H23Cl2N3OS2. The van der Waals surface area contributed by atoms with Crippen molar-refractivity contribution in [2.24, 2.45) is 0 Å². The lowest BCUT2D eigenvalue weighted by Crippen LogP contribution is -2.36. The van der Waals surface area contributed by atoms with Crippen LogP contribution in [0.1, 0.15) is 15.9 Å². The summed E-state index contributed by atoms with van der Waals surface area (Å²) in [6, 6.07) is 11.5. The second-order valence-electron chi connectivity index (χ2n) is 6.53. The predicted octanol–water partition coefficient (Wildman–Crippen LogP) is 5.61. The smallest absolute Gasteiger partial charge is 0.260 e. The number of thiazole rings is 1. The third kappa shape index (κ3) is 4.99. The number of hydrogen-bond acceptors (Lipinski definition) is 5. The molecule has 2 aromatic carbocycles. The number of benzene rings is 2. The SMILES string of the molecule is CSc1ccc(C(=O)N(CCN(C)C)c2nc3c(C)ccc(Cl)c3s2)cc1.Cl. The van der Waals surface area contributed by atoms with Gasteiger partial charge < -0.3 is 4.90 Å². The minimum Gasteiger partial charge on any atom is -0.308 e. The lowest BCUT2D eigenvalue weighted by atomic mass is 10.2. The topological polar surface area (TPSA) is 36.4 Å². The van der Waals surface area contributed by atoms with Crippen LogP contribution in [0, 0.1) is 6.92 Å². The number of hydrogen-bond donors (Lipinski definition) is 0. The quantitative estimate of drug-likeness (QED) is 0.452. The Bertz CT molecular complexity index is 919. The van der Waals surface area contributed by atoms with Gasteiger partial charge in [-0.3, -0.25) is 9.69 Å². The third-order valence-corrected chi connectivity index (χ3v) is 6.55. The van der Waals surface area contributed by atoms with E-state index in [4.69, 9.17) is 16.6 Å². The largest absolute Gasteiger partial charge is 0.308 e. The molecule has 0 aliphatic heterocycles. The second-order valence-corrected chi connectivity index (χ2v) is 8.79. The molecule has 4 nitrogen and oxygen atoms in total. The van der Waals surface area contributed by atoms with Gasteiger partial charge in [-0.05, 0) is 63.2 Å². The Balaban J connectivity index is 0.00000280. The van der Waals surface area contributed by atoms with Crippen molar-refractivity contribution in [1.29, 1.82) is 0 Å². The molecule has 0 saturated carbocycles. The zero-order chi connectivity index (χ0) is 19.6. The number of carbonyl (C=O) groups is 1. The average Bonchev–Trinajstić information content (AvgIpc) is 3.11. The number of aryl methyl sites for hydroxylation is 1. The van der Waals surface area contributed by atoms with Crippen LogP contribution < -0.4 is 4.90 Å². The molecule has 0 saturated heterocycles. The highest BCUT2D eigenvalue weighted by Crippen LogP contribution is 2.36. The zero-order valence-corrected chi connectivity index (χ0v) is 19.4. The molecule has 1 aromatic heterocycles. The van der Waals surface area contributed by atoms with Crippen molar-refractivity contribution in [1.82, 2.24) is 9.88 Å². The van der Waals surface area contributed by atoms with Gasteiger partial charge in [-0.2, -0.15) is 0 Å². The normalized spacial score (nSPS) is 10.9. The molecule has 1 heterocycles. The van der Waals surface area contributed by atoms with Gasteiger partial charge in [0.15, 0.2) is 5.13 Å². The number of nitrogens with zero attached hydrogens (tertiary/aromatic N) is 3. The molecule has 8 heteroatoms. The summed E-state index contributed by atoms with van der Waals surface area (Å²) in [5.74, 6) is -0.0441. The summed E-state index contributed by atoms with van der Waals surface area (Å²) in [5.41, 5.74) is 2.58.